The molecule has 1 atom stereocenters. The molecule has 19 heavy (non-hydrogen) atoms. The molecule has 0 saturated heterocycles. The van der Waals surface area contributed by atoms with E-state index in [1.807, 2.05) is 30.3 Å². The first-order valence-electron chi connectivity index (χ1n) is 5.75. The first-order chi connectivity index (χ1) is 9.10. The van der Waals surface area contributed by atoms with Gasteiger partial charge in [0.25, 0.3) is 0 Å². The molecule has 0 bridgehead atoms. The smallest absolute Gasteiger partial charge is 0.0515 e. The van der Waals surface area contributed by atoms with Crippen molar-refractivity contribution in [2.24, 2.45) is 5.84 Å². The largest absolute Gasteiger partial charge is 0.271 e. The molecule has 2 nitrogen and oxygen atoms in total. The predicted molar refractivity (Wildman–Crippen MR) is 87.1 cm³/mol. The van der Waals surface area contributed by atoms with Crippen molar-refractivity contribution >= 4 is 43.5 Å². The number of hydrogen-bond acceptors (Lipinski definition) is 2. The van der Waals surface area contributed by atoms with Gasteiger partial charge in [-0.2, -0.15) is 0 Å². The summed E-state index contributed by atoms with van der Waals surface area (Å²) < 4.78 is 2.05. The quantitative estimate of drug-likeness (QED) is 0.577. The standard InChI is InChI=1S/C14H13Br2ClN2/c15-10-3-1-9(2-4-10)7-14(19-18)12-8-11(16)5-6-13(12)17/h1-6,8,14,19H,7,18H2. The maximum atomic E-state index is 6.24. The summed E-state index contributed by atoms with van der Waals surface area (Å²) in [6, 6.07) is 13.9. The second kappa shape index (κ2) is 6.86. The van der Waals surface area contributed by atoms with Crippen molar-refractivity contribution in [2.75, 3.05) is 0 Å². The Bertz CT molecular complexity index is 558. The van der Waals surface area contributed by atoms with Crippen LogP contribution in [0.25, 0.3) is 0 Å². The highest BCUT2D eigenvalue weighted by Crippen LogP contribution is 2.28. The highest BCUT2D eigenvalue weighted by Gasteiger charge is 2.14. The van der Waals surface area contributed by atoms with E-state index >= 15 is 0 Å². The van der Waals surface area contributed by atoms with Crippen molar-refractivity contribution in [1.29, 1.82) is 0 Å². The molecular weight excluding hydrogens is 391 g/mol. The Kier molecular flexibility index (Phi) is 5.42. The van der Waals surface area contributed by atoms with Crippen molar-refractivity contribution in [3.63, 3.8) is 0 Å². The molecular formula is C14H13Br2ClN2. The van der Waals surface area contributed by atoms with Crippen LogP contribution in [0.2, 0.25) is 5.02 Å². The molecule has 2 rings (SSSR count). The number of hydrogen-bond donors (Lipinski definition) is 2. The summed E-state index contributed by atoms with van der Waals surface area (Å²) in [6.07, 6.45) is 0.778. The lowest BCUT2D eigenvalue weighted by Crippen LogP contribution is -2.29. The third-order valence-electron chi connectivity index (χ3n) is 2.89. The van der Waals surface area contributed by atoms with E-state index in [0.29, 0.717) is 5.02 Å². The van der Waals surface area contributed by atoms with Crippen molar-refractivity contribution in [2.45, 2.75) is 12.5 Å². The van der Waals surface area contributed by atoms with E-state index in [1.54, 1.807) is 0 Å². The van der Waals surface area contributed by atoms with Crippen LogP contribution in [-0.4, -0.2) is 0 Å². The van der Waals surface area contributed by atoms with Crippen molar-refractivity contribution in [1.82, 2.24) is 5.43 Å². The third-order valence-corrected chi connectivity index (χ3v) is 4.25. The molecule has 0 spiro atoms. The lowest BCUT2D eigenvalue weighted by Gasteiger charge is -2.18. The van der Waals surface area contributed by atoms with Crippen LogP contribution >= 0.6 is 43.5 Å². The summed E-state index contributed by atoms with van der Waals surface area (Å²) in [5.41, 5.74) is 5.02. The second-order valence-electron chi connectivity index (χ2n) is 4.22. The van der Waals surface area contributed by atoms with Gasteiger partial charge in [-0.15, -0.1) is 0 Å². The molecule has 0 radical (unpaired) electrons. The van der Waals surface area contributed by atoms with Crippen LogP contribution in [0.4, 0.5) is 0 Å². The summed E-state index contributed by atoms with van der Waals surface area (Å²) in [4.78, 5) is 0. The minimum Gasteiger partial charge on any atom is -0.271 e. The van der Waals surface area contributed by atoms with E-state index in [-0.39, 0.29) is 6.04 Å². The zero-order valence-electron chi connectivity index (χ0n) is 10.0. The van der Waals surface area contributed by atoms with Gasteiger partial charge in [0.2, 0.25) is 0 Å². The van der Waals surface area contributed by atoms with Gasteiger partial charge in [0, 0.05) is 14.0 Å². The number of rotatable bonds is 4. The fourth-order valence-corrected chi connectivity index (χ4v) is 2.79. The van der Waals surface area contributed by atoms with Crippen LogP contribution in [0, 0.1) is 0 Å². The third kappa shape index (κ3) is 4.04. The van der Waals surface area contributed by atoms with E-state index in [2.05, 4.69) is 49.4 Å². The number of nitrogens with one attached hydrogen (secondary N) is 1. The van der Waals surface area contributed by atoms with Gasteiger partial charge in [-0.05, 0) is 47.9 Å². The number of nitrogens with two attached hydrogens (primary N) is 1. The Morgan fingerprint density at radius 2 is 1.68 bits per heavy atom. The van der Waals surface area contributed by atoms with Gasteiger partial charge in [0.05, 0.1) is 6.04 Å². The SMILES string of the molecule is NNC(Cc1ccc(Br)cc1)c1cc(Br)ccc1Cl. The topological polar surface area (TPSA) is 38.0 Å². The second-order valence-corrected chi connectivity index (χ2v) is 6.45. The van der Waals surface area contributed by atoms with Gasteiger partial charge in [0.15, 0.2) is 0 Å². The van der Waals surface area contributed by atoms with Crippen LogP contribution in [0.15, 0.2) is 51.4 Å². The molecule has 0 amide bonds. The predicted octanol–water partition coefficient (Wildman–Crippen LogP) is 4.61. The lowest BCUT2D eigenvalue weighted by atomic mass is 9.99. The molecule has 100 valence electrons. The molecule has 0 aromatic heterocycles. The van der Waals surface area contributed by atoms with Crippen molar-refractivity contribution < 1.29 is 0 Å². The molecule has 1 unspecified atom stereocenters. The summed E-state index contributed by atoms with van der Waals surface area (Å²) in [7, 11) is 0. The molecule has 0 fully saturated rings. The highest BCUT2D eigenvalue weighted by molar-refractivity contribution is 9.10. The summed E-state index contributed by atoms with van der Waals surface area (Å²) >= 11 is 13.1. The minimum absolute atomic E-state index is 0.0221. The van der Waals surface area contributed by atoms with Crippen LogP contribution in [0.3, 0.4) is 0 Å². The Labute approximate surface area is 134 Å². The van der Waals surface area contributed by atoms with Crippen LogP contribution in [-0.2, 0) is 6.42 Å². The van der Waals surface area contributed by atoms with Gasteiger partial charge < -0.3 is 0 Å². The molecule has 2 aromatic carbocycles. The van der Waals surface area contributed by atoms with Crippen molar-refractivity contribution in [3.05, 3.63) is 67.6 Å². The zero-order valence-corrected chi connectivity index (χ0v) is 14.0. The van der Waals surface area contributed by atoms with Gasteiger partial charge >= 0.3 is 0 Å². The van der Waals surface area contributed by atoms with E-state index in [1.165, 1.54) is 5.56 Å². The first kappa shape index (κ1) is 15.0. The number of hydrazine groups is 1. The molecule has 3 N–H and O–H groups in total. The van der Waals surface area contributed by atoms with E-state index in [4.69, 9.17) is 17.4 Å². The average Bonchev–Trinajstić information content (AvgIpc) is 2.41. The molecule has 5 heteroatoms. The minimum atomic E-state index is -0.0221. The summed E-state index contributed by atoms with van der Waals surface area (Å²) in [5.74, 6) is 5.67. The normalized spacial score (nSPS) is 12.4. The summed E-state index contributed by atoms with van der Waals surface area (Å²) in [6.45, 7) is 0. The van der Waals surface area contributed by atoms with E-state index in [0.717, 1.165) is 20.9 Å². The average molecular weight is 405 g/mol. The van der Waals surface area contributed by atoms with Crippen LogP contribution in [0.5, 0.6) is 0 Å². The Hall–Kier alpha value is -0.390. The lowest BCUT2D eigenvalue weighted by molar-refractivity contribution is 0.552. The maximum absolute atomic E-state index is 6.24. The van der Waals surface area contributed by atoms with Gasteiger partial charge in [-0.25, -0.2) is 0 Å². The first-order valence-corrected chi connectivity index (χ1v) is 7.72. The Morgan fingerprint density at radius 1 is 1.05 bits per heavy atom. The molecule has 0 aliphatic heterocycles. The molecule has 0 aliphatic rings. The van der Waals surface area contributed by atoms with E-state index in [9.17, 15) is 0 Å². The van der Waals surface area contributed by atoms with E-state index < -0.39 is 0 Å². The van der Waals surface area contributed by atoms with Gasteiger partial charge in [-0.3, -0.25) is 11.3 Å². The Balaban J connectivity index is 2.24. The fourth-order valence-electron chi connectivity index (χ4n) is 1.90. The number of halogens is 3. The zero-order chi connectivity index (χ0) is 13.8. The van der Waals surface area contributed by atoms with Crippen LogP contribution < -0.4 is 11.3 Å². The van der Waals surface area contributed by atoms with Crippen LogP contribution in [0.1, 0.15) is 17.2 Å². The number of benzene rings is 2. The molecule has 0 aliphatic carbocycles. The van der Waals surface area contributed by atoms with Gasteiger partial charge in [-0.1, -0.05) is 55.6 Å². The highest BCUT2D eigenvalue weighted by atomic mass is 79.9. The Morgan fingerprint density at radius 3 is 2.32 bits per heavy atom. The maximum Gasteiger partial charge on any atom is 0.0515 e. The van der Waals surface area contributed by atoms with Crippen molar-refractivity contribution in [3.8, 4) is 0 Å². The van der Waals surface area contributed by atoms with Gasteiger partial charge in [0.1, 0.15) is 0 Å². The molecule has 0 heterocycles. The molecule has 0 saturated carbocycles. The monoisotopic (exact) mass is 402 g/mol. The fraction of sp³-hybridized carbons (Fsp3) is 0.143. The molecule has 2 aromatic rings. The summed E-state index contributed by atoms with van der Waals surface area (Å²) in [5, 5.41) is 0.711.